The smallest absolute Gasteiger partial charge is 0.255 e. The minimum Gasteiger partial charge on any atom is -0.331 e. The Morgan fingerprint density at radius 3 is 3.04 bits per heavy atom. The van der Waals surface area contributed by atoms with Gasteiger partial charge >= 0.3 is 0 Å². The zero-order valence-electron chi connectivity index (χ0n) is 13.6. The van der Waals surface area contributed by atoms with Gasteiger partial charge in [0.1, 0.15) is 5.82 Å². The minimum absolute atomic E-state index is 0.146. The van der Waals surface area contributed by atoms with Gasteiger partial charge in [0.2, 0.25) is 0 Å². The number of H-pyrrole nitrogens is 1. The Morgan fingerprint density at radius 2 is 2.24 bits per heavy atom. The predicted octanol–water partition coefficient (Wildman–Crippen LogP) is 4.04. The number of aryl methyl sites for hydroxylation is 1. The first-order valence-corrected chi connectivity index (χ1v) is 8.49. The largest absolute Gasteiger partial charge is 0.331 e. The number of hydrogen-bond acceptors (Lipinski definition) is 3. The van der Waals surface area contributed by atoms with E-state index in [0.717, 1.165) is 23.9 Å². The minimum atomic E-state index is -0.378. The third kappa shape index (κ3) is 2.76. The summed E-state index contributed by atoms with van der Waals surface area (Å²) in [6.45, 7) is 2.47. The quantitative estimate of drug-likeness (QED) is 0.752. The second-order valence-electron chi connectivity index (χ2n) is 6.27. The number of hydrogen-bond donors (Lipinski definition) is 1. The molecule has 1 amide bonds. The summed E-state index contributed by atoms with van der Waals surface area (Å²) in [5.74, 6) is -0.525. The van der Waals surface area contributed by atoms with E-state index in [4.69, 9.17) is 11.6 Å². The lowest BCUT2D eigenvalue weighted by molar-refractivity contribution is 0.0733. The molecule has 2 aromatic heterocycles. The third-order valence-corrected chi connectivity index (χ3v) is 4.92. The maximum atomic E-state index is 14.3. The van der Waals surface area contributed by atoms with Crippen LogP contribution in [0.15, 0.2) is 30.5 Å². The van der Waals surface area contributed by atoms with Crippen LogP contribution in [0.4, 0.5) is 4.39 Å². The molecule has 7 heteroatoms. The average Bonchev–Trinajstić information content (AvgIpc) is 3.21. The fraction of sp³-hybridized carbons (Fsp3) is 0.278. The summed E-state index contributed by atoms with van der Waals surface area (Å²) >= 11 is 5.84. The van der Waals surface area contributed by atoms with E-state index in [2.05, 4.69) is 15.2 Å². The Hall–Kier alpha value is -2.47. The van der Waals surface area contributed by atoms with E-state index in [-0.39, 0.29) is 17.8 Å². The molecule has 1 unspecified atom stereocenters. The van der Waals surface area contributed by atoms with Crippen molar-refractivity contribution in [2.24, 2.45) is 0 Å². The highest BCUT2D eigenvalue weighted by Gasteiger charge is 2.32. The highest BCUT2D eigenvalue weighted by atomic mass is 35.5. The van der Waals surface area contributed by atoms with E-state index in [0.29, 0.717) is 28.3 Å². The monoisotopic (exact) mass is 358 g/mol. The molecular formula is C18H16ClFN4O. The first kappa shape index (κ1) is 16.0. The van der Waals surface area contributed by atoms with E-state index in [1.807, 2.05) is 6.92 Å². The molecule has 25 heavy (non-hydrogen) atoms. The molecule has 1 aliphatic heterocycles. The molecule has 3 heterocycles. The number of pyridine rings is 1. The molecule has 1 aromatic carbocycles. The van der Waals surface area contributed by atoms with Crippen LogP contribution in [0.5, 0.6) is 0 Å². The molecule has 3 aromatic rings. The molecule has 1 aliphatic rings. The Balaban J connectivity index is 1.68. The number of likely N-dealkylation sites (tertiary alicyclic amines) is 1. The maximum Gasteiger partial charge on any atom is 0.255 e. The van der Waals surface area contributed by atoms with E-state index < -0.39 is 0 Å². The molecule has 1 saturated heterocycles. The zero-order chi connectivity index (χ0) is 17.6. The first-order valence-electron chi connectivity index (χ1n) is 8.11. The van der Waals surface area contributed by atoms with Crippen LogP contribution in [0, 0.1) is 12.7 Å². The van der Waals surface area contributed by atoms with Crippen molar-refractivity contribution in [1.82, 2.24) is 20.1 Å². The molecular weight excluding hydrogens is 343 g/mol. The first-order chi connectivity index (χ1) is 12.0. The molecule has 0 saturated carbocycles. The Labute approximate surface area is 148 Å². The molecule has 128 valence electrons. The van der Waals surface area contributed by atoms with Crippen molar-refractivity contribution < 1.29 is 9.18 Å². The lowest BCUT2D eigenvalue weighted by atomic mass is 10.0. The molecule has 0 aliphatic carbocycles. The molecule has 1 fully saturated rings. The number of amides is 1. The van der Waals surface area contributed by atoms with Gasteiger partial charge in [-0.25, -0.2) is 9.37 Å². The molecule has 0 bridgehead atoms. The van der Waals surface area contributed by atoms with Crippen LogP contribution >= 0.6 is 11.6 Å². The predicted molar refractivity (Wildman–Crippen MR) is 93.0 cm³/mol. The molecule has 1 N–H and O–H groups in total. The van der Waals surface area contributed by atoms with Crippen LogP contribution < -0.4 is 0 Å². The number of aromatic amines is 1. The van der Waals surface area contributed by atoms with Gasteiger partial charge in [0.05, 0.1) is 11.6 Å². The summed E-state index contributed by atoms with van der Waals surface area (Å²) in [7, 11) is 0. The summed E-state index contributed by atoms with van der Waals surface area (Å²) in [6.07, 6.45) is 3.09. The van der Waals surface area contributed by atoms with Crippen molar-refractivity contribution in [1.29, 1.82) is 0 Å². The van der Waals surface area contributed by atoms with Gasteiger partial charge in [-0.3, -0.25) is 9.89 Å². The van der Waals surface area contributed by atoms with E-state index in [1.54, 1.807) is 23.1 Å². The highest BCUT2D eigenvalue weighted by Crippen LogP contribution is 2.35. The lowest BCUT2D eigenvalue weighted by Crippen LogP contribution is -2.31. The van der Waals surface area contributed by atoms with Gasteiger partial charge in [0.15, 0.2) is 5.65 Å². The van der Waals surface area contributed by atoms with Crippen LogP contribution in [0.3, 0.4) is 0 Å². The van der Waals surface area contributed by atoms with Crippen molar-refractivity contribution >= 4 is 28.5 Å². The van der Waals surface area contributed by atoms with Crippen LogP contribution in [0.2, 0.25) is 5.02 Å². The number of carbonyl (C=O) groups is 1. The van der Waals surface area contributed by atoms with Crippen LogP contribution in [-0.2, 0) is 0 Å². The van der Waals surface area contributed by atoms with Gasteiger partial charge in [-0.1, -0.05) is 17.7 Å². The number of aromatic nitrogens is 3. The topological polar surface area (TPSA) is 61.9 Å². The normalized spacial score (nSPS) is 17.4. The standard InChI is InChI=1S/C18H16ClFN4O/c1-10-14-7-11(9-21-17(14)23-22-10)18(25)24-6-2-3-16(24)13-5-4-12(19)8-15(13)20/h4-5,7-9,16H,2-3,6H2,1H3,(H,21,22,23). The third-order valence-electron chi connectivity index (χ3n) is 4.68. The molecule has 0 radical (unpaired) electrons. The summed E-state index contributed by atoms with van der Waals surface area (Å²) in [5, 5.41) is 8.10. The van der Waals surface area contributed by atoms with Gasteiger partial charge in [0, 0.05) is 34.4 Å². The van der Waals surface area contributed by atoms with Crippen LogP contribution in [0.1, 0.15) is 40.5 Å². The number of nitrogens with zero attached hydrogens (tertiary/aromatic N) is 3. The number of rotatable bonds is 2. The molecule has 5 nitrogen and oxygen atoms in total. The Morgan fingerprint density at radius 1 is 1.40 bits per heavy atom. The molecule has 4 rings (SSSR count). The van der Waals surface area contributed by atoms with E-state index >= 15 is 0 Å². The molecule has 0 spiro atoms. The van der Waals surface area contributed by atoms with Crippen LogP contribution in [0.25, 0.3) is 11.0 Å². The lowest BCUT2D eigenvalue weighted by Gasteiger charge is -2.25. The second-order valence-corrected chi connectivity index (χ2v) is 6.70. The Bertz CT molecular complexity index is 971. The van der Waals surface area contributed by atoms with Gasteiger partial charge in [-0.05, 0) is 38.0 Å². The maximum absolute atomic E-state index is 14.3. The number of benzene rings is 1. The highest BCUT2D eigenvalue weighted by molar-refractivity contribution is 6.30. The Kier molecular flexibility index (Phi) is 3.92. The van der Waals surface area contributed by atoms with Crippen molar-refractivity contribution in [3.05, 3.63) is 58.1 Å². The van der Waals surface area contributed by atoms with Gasteiger partial charge in [-0.2, -0.15) is 5.10 Å². The van der Waals surface area contributed by atoms with Crippen molar-refractivity contribution in [3.63, 3.8) is 0 Å². The summed E-state index contributed by atoms with van der Waals surface area (Å²) in [4.78, 5) is 18.9. The van der Waals surface area contributed by atoms with Crippen molar-refractivity contribution in [2.75, 3.05) is 6.54 Å². The number of fused-ring (bicyclic) bond motifs is 1. The number of carbonyl (C=O) groups excluding carboxylic acids is 1. The van der Waals surface area contributed by atoms with E-state index in [9.17, 15) is 9.18 Å². The summed E-state index contributed by atoms with van der Waals surface area (Å²) in [5.41, 5.74) is 2.43. The van der Waals surface area contributed by atoms with Gasteiger partial charge in [0.25, 0.3) is 5.91 Å². The van der Waals surface area contributed by atoms with Gasteiger partial charge < -0.3 is 4.90 Å². The SMILES string of the molecule is Cc1[nH]nc2ncc(C(=O)N3CCCC3c3ccc(Cl)cc3F)cc12. The summed E-state index contributed by atoms with van der Waals surface area (Å²) in [6, 6.07) is 6.11. The van der Waals surface area contributed by atoms with E-state index in [1.165, 1.54) is 12.3 Å². The number of nitrogens with one attached hydrogen (secondary N) is 1. The zero-order valence-corrected chi connectivity index (χ0v) is 14.3. The molecule has 1 atom stereocenters. The fourth-order valence-corrected chi connectivity index (χ4v) is 3.57. The fourth-order valence-electron chi connectivity index (χ4n) is 3.41. The van der Waals surface area contributed by atoms with Crippen molar-refractivity contribution in [3.8, 4) is 0 Å². The van der Waals surface area contributed by atoms with Crippen LogP contribution in [-0.4, -0.2) is 32.5 Å². The number of halogens is 2. The van der Waals surface area contributed by atoms with Crippen molar-refractivity contribution in [2.45, 2.75) is 25.8 Å². The van der Waals surface area contributed by atoms with Gasteiger partial charge in [-0.15, -0.1) is 0 Å². The average molecular weight is 359 g/mol. The second kappa shape index (κ2) is 6.11. The summed E-state index contributed by atoms with van der Waals surface area (Å²) < 4.78 is 14.3.